The second kappa shape index (κ2) is 8.12. The minimum absolute atomic E-state index is 0.0305. The first-order valence-electron chi connectivity index (χ1n) is 6.51. The van der Waals surface area contributed by atoms with Gasteiger partial charge in [-0.05, 0) is 12.1 Å². The number of nitrogens with zero attached hydrogens (tertiary/aromatic N) is 1. The fourth-order valence-electron chi connectivity index (χ4n) is 2.05. The number of ether oxygens (including phenoxy) is 1. The Morgan fingerprint density at radius 2 is 1.68 bits per heavy atom. The highest BCUT2D eigenvalue weighted by Gasteiger charge is 2.24. The third kappa shape index (κ3) is 6.02. The second-order valence-electron chi connectivity index (χ2n) is 4.97. The molecule has 0 aliphatic carbocycles. The van der Waals surface area contributed by atoms with Crippen LogP contribution in [0.15, 0.2) is 30.3 Å². The number of hydrogen-bond acceptors (Lipinski definition) is 4. The molecule has 5 nitrogen and oxygen atoms in total. The highest BCUT2D eigenvalue weighted by Crippen LogP contribution is 2.10. The van der Waals surface area contributed by atoms with Crippen molar-refractivity contribution >= 4 is 0 Å². The molecule has 0 aliphatic heterocycles. The topological polar surface area (TPSA) is 69.9 Å². The number of rotatable bonds is 9. The average Bonchev–Trinajstić information content (AvgIpc) is 2.38. The van der Waals surface area contributed by atoms with Crippen molar-refractivity contribution in [3.8, 4) is 5.75 Å². The number of para-hydroxylation sites is 1. The summed E-state index contributed by atoms with van der Waals surface area (Å²) in [6, 6.07) is 9.32. The minimum Gasteiger partial charge on any atom is -0.491 e. The number of aliphatic hydroxyl groups excluding tert-OH is 3. The maximum atomic E-state index is 10.00. The molecule has 0 heterocycles. The second-order valence-corrected chi connectivity index (χ2v) is 4.97. The molecule has 1 rings (SSSR count). The number of quaternary nitrogens is 1. The number of likely N-dealkylation sites (N-methyl/N-ethyl adjacent to an activating group) is 1. The average molecular weight is 270 g/mol. The minimum atomic E-state index is -0.636. The fourth-order valence-corrected chi connectivity index (χ4v) is 2.05. The summed E-state index contributed by atoms with van der Waals surface area (Å²) in [5, 5.41) is 28.1. The highest BCUT2D eigenvalue weighted by atomic mass is 16.5. The van der Waals surface area contributed by atoms with Gasteiger partial charge >= 0.3 is 0 Å². The van der Waals surface area contributed by atoms with Crippen molar-refractivity contribution in [1.82, 2.24) is 0 Å². The number of aliphatic hydroxyl groups is 3. The quantitative estimate of drug-likeness (QED) is 0.546. The standard InChI is InChI=1S/C14H24NO4/c1-15(7-9-16,8-10-17)11-13(18)12-19-14-5-3-2-4-6-14/h2-6,13,16-18H,7-12H2,1H3/q+1/t13-/m0/s1. The van der Waals surface area contributed by atoms with Crippen molar-refractivity contribution < 1.29 is 24.5 Å². The van der Waals surface area contributed by atoms with Gasteiger partial charge in [0.15, 0.2) is 0 Å². The Morgan fingerprint density at radius 3 is 2.21 bits per heavy atom. The third-order valence-corrected chi connectivity index (χ3v) is 3.12. The summed E-state index contributed by atoms with van der Waals surface area (Å²) < 4.78 is 5.91. The summed E-state index contributed by atoms with van der Waals surface area (Å²) in [5.74, 6) is 0.722. The first kappa shape index (κ1) is 15.9. The maximum Gasteiger partial charge on any atom is 0.137 e. The van der Waals surface area contributed by atoms with Crippen LogP contribution in [0.2, 0.25) is 0 Å². The van der Waals surface area contributed by atoms with Crippen molar-refractivity contribution in [3.63, 3.8) is 0 Å². The SMILES string of the molecule is C[N+](CCO)(CCO)C[C@H](O)COc1ccccc1. The van der Waals surface area contributed by atoms with E-state index in [-0.39, 0.29) is 19.8 Å². The van der Waals surface area contributed by atoms with E-state index in [4.69, 9.17) is 14.9 Å². The van der Waals surface area contributed by atoms with Gasteiger partial charge in [-0.1, -0.05) is 18.2 Å². The highest BCUT2D eigenvalue weighted by molar-refractivity contribution is 5.20. The van der Waals surface area contributed by atoms with E-state index in [0.717, 1.165) is 5.75 Å². The first-order valence-corrected chi connectivity index (χ1v) is 6.51. The van der Waals surface area contributed by atoms with Gasteiger partial charge in [0.05, 0.1) is 20.3 Å². The zero-order valence-electron chi connectivity index (χ0n) is 11.4. The lowest BCUT2D eigenvalue weighted by atomic mass is 10.2. The van der Waals surface area contributed by atoms with Crippen LogP contribution in [-0.2, 0) is 0 Å². The van der Waals surface area contributed by atoms with Gasteiger partial charge in [0.1, 0.15) is 38.1 Å². The number of hydrogen-bond donors (Lipinski definition) is 3. The molecule has 0 spiro atoms. The van der Waals surface area contributed by atoms with Crippen LogP contribution in [0.25, 0.3) is 0 Å². The number of benzene rings is 1. The predicted molar refractivity (Wildman–Crippen MR) is 72.9 cm³/mol. The zero-order valence-corrected chi connectivity index (χ0v) is 11.4. The summed E-state index contributed by atoms with van der Waals surface area (Å²) in [6.07, 6.45) is -0.636. The van der Waals surface area contributed by atoms with E-state index in [2.05, 4.69) is 0 Å². The smallest absolute Gasteiger partial charge is 0.137 e. The van der Waals surface area contributed by atoms with Crippen LogP contribution in [0.4, 0.5) is 0 Å². The van der Waals surface area contributed by atoms with Gasteiger partial charge in [0, 0.05) is 0 Å². The molecular weight excluding hydrogens is 246 g/mol. The van der Waals surface area contributed by atoms with Crippen LogP contribution in [0.3, 0.4) is 0 Å². The molecule has 19 heavy (non-hydrogen) atoms. The van der Waals surface area contributed by atoms with Crippen molar-refractivity contribution in [2.24, 2.45) is 0 Å². The van der Waals surface area contributed by atoms with Crippen LogP contribution in [0, 0.1) is 0 Å². The van der Waals surface area contributed by atoms with Gasteiger partial charge in [-0.2, -0.15) is 0 Å². The van der Waals surface area contributed by atoms with E-state index < -0.39 is 6.10 Å². The molecule has 0 bridgehead atoms. The van der Waals surface area contributed by atoms with E-state index >= 15 is 0 Å². The Morgan fingerprint density at radius 1 is 1.11 bits per heavy atom. The summed E-state index contributed by atoms with van der Waals surface area (Å²) in [5.41, 5.74) is 0. The molecule has 0 saturated heterocycles. The summed E-state index contributed by atoms with van der Waals surface area (Å²) >= 11 is 0. The molecule has 0 radical (unpaired) electrons. The van der Waals surface area contributed by atoms with Crippen molar-refractivity contribution in [2.75, 3.05) is 46.5 Å². The van der Waals surface area contributed by atoms with Crippen LogP contribution in [0.1, 0.15) is 0 Å². The molecule has 0 aliphatic rings. The summed E-state index contributed by atoms with van der Waals surface area (Å²) in [7, 11) is 1.90. The zero-order chi connectivity index (χ0) is 14.1. The van der Waals surface area contributed by atoms with E-state index in [1.54, 1.807) is 0 Å². The Hall–Kier alpha value is -1.14. The van der Waals surface area contributed by atoms with E-state index in [0.29, 0.717) is 24.1 Å². The van der Waals surface area contributed by atoms with Crippen molar-refractivity contribution in [1.29, 1.82) is 0 Å². The Bertz CT molecular complexity index is 339. The van der Waals surface area contributed by atoms with Gasteiger partial charge in [-0.25, -0.2) is 0 Å². The van der Waals surface area contributed by atoms with Gasteiger partial charge < -0.3 is 24.5 Å². The predicted octanol–water partition coefficient (Wildman–Crippen LogP) is -0.142. The third-order valence-electron chi connectivity index (χ3n) is 3.12. The van der Waals surface area contributed by atoms with Crippen LogP contribution in [-0.4, -0.2) is 72.4 Å². The van der Waals surface area contributed by atoms with Crippen molar-refractivity contribution in [3.05, 3.63) is 30.3 Å². The Balaban J connectivity index is 2.42. The Labute approximate surface area is 114 Å². The van der Waals surface area contributed by atoms with Gasteiger partial charge in [-0.3, -0.25) is 0 Å². The molecule has 1 atom stereocenters. The van der Waals surface area contributed by atoms with Crippen LogP contribution < -0.4 is 4.74 Å². The van der Waals surface area contributed by atoms with E-state index in [1.807, 2.05) is 37.4 Å². The first-order chi connectivity index (χ1) is 9.09. The normalized spacial score (nSPS) is 13.3. The molecule has 0 fully saturated rings. The monoisotopic (exact) mass is 270 g/mol. The molecular formula is C14H24NO4+. The molecule has 108 valence electrons. The summed E-state index contributed by atoms with van der Waals surface area (Å²) in [4.78, 5) is 0. The van der Waals surface area contributed by atoms with Crippen LogP contribution >= 0.6 is 0 Å². The lowest BCUT2D eigenvalue weighted by Gasteiger charge is -2.35. The van der Waals surface area contributed by atoms with Gasteiger partial charge in [0.2, 0.25) is 0 Å². The molecule has 3 N–H and O–H groups in total. The molecule has 0 unspecified atom stereocenters. The maximum absolute atomic E-state index is 10.00. The fraction of sp³-hybridized carbons (Fsp3) is 0.571. The lowest BCUT2D eigenvalue weighted by molar-refractivity contribution is -0.913. The molecule has 5 heteroatoms. The van der Waals surface area contributed by atoms with E-state index in [9.17, 15) is 5.11 Å². The van der Waals surface area contributed by atoms with E-state index in [1.165, 1.54) is 0 Å². The summed E-state index contributed by atoms with van der Waals surface area (Å²) in [6.45, 7) is 1.71. The van der Waals surface area contributed by atoms with Crippen molar-refractivity contribution in [2.45, 2.75) is 6.10 Å². The van der Waals surface area contributed by atoms with Gasteiger partial charge in [-0.15, -0.1) is 0 Å². The van der Waals surface area contributed by atoms with Gasteiger partial charge in [0.25, 0.3) is 0 Å². The molecule has 0 saturated carbocycles. The molecule has 1 aromatic carbocycles. The lowest BCUT2D eigenvalue weighted by Crippen LogP contribution is -2.53. The van der Waals surface area contributed by atoms with Crippen LogP contribution in [0.5, 0.6) is 5.75 Å². The largest absolute Gasteiger partial charge is 0.491 e. The molecule has 0 aromatic heterocycles. The molecule has 1 aromatic rings. The molecule has 0 amide bonds. The Kier molecular flexibility index (Phi) is 6.80.